The topological polar surface area (TPSA) is 104 Å². The molecular weight excluding hydrogens is 382 g/mol. The monoisotopic (exact) mass is 397 g/mol. The van der Waals surface area contributed by atoms with Crippen molar-refractivity contribution in [3.05, 3.63) is 48.4 Å². The number of methoxy groups -OCH3 is 1. The van der Waals surface area contributed by atoms with Gasteiger partial charge in [0.05, 0.1) is 22.9 Å². The number of fused-ring (bicyclic) bond motifs is 2. The van der Waals surface area contributed by atoms with Crippen LogP contribution in [0.15, 0.2) is 47.2 Å². The maximum Gasteiger partial charge on any atom is 0.339 e. The minimum Gasteiger partial charge on any atom is -0.497 e. The Bertz CT molecular complexity index is 1180. The lowest BCUT2D eigenvalue weighted by molar-refractivity contribution is -0.123. The molecule has 2 heterocycles. The van der Waals surface area contributed by atoms with E-state index in [0.717, 1.165) is 10.2 Å². The highest BCUT2D eigenvalue weighted by Gasteiger charge is 2.21. The zero-order chi connectivity index (χ0) is 19.7. The van der Waals surface area contributed by atoms with Crippen molar-refractivity contribution in [3.63, 3.8) is 0 Å². The molecule has 9 heteroatoms. The Morgan fingerprint density at radius 1 is 1.18 bits per heavy atom. The van der Waals surface area contributed by atoms with Gasteiger partial charge in [0, 0.05) is 0 Å². The summed E-state index contributed by atoms with van der Waals surface area (Å²) in [6, 6.07) is 10.2. The fourth-order valence-corrected chi connectivity index (χ4v) is 3.45. The van der Waals surface area contributed by atoms with Crippen LogP contribution in [0.3, 0.4) is 0 Å². The van der Waals surface area contributed by atoms with E-state index in [4.69, 9.17) is 13.9 Å². The molecule has 0 saturated carbocycles. The molecule has 1 atom stereocenters. The molecule has 1 N–H and O–H groups in total. The SMILES string of the molecule is COc1ccc2nc(NC(=O)C(C)OC(=O)c3ccc4ncoc4c3)sc2c1. The fraction of sp³-hybridized carbons (Fsp3) is 0.158. The number of anilines is 1. The molecule has 28 heavy (non-hydrogen) atoms. The van der Waals surface area contributed by atoms with Gasteiger partial charge in [-0.15, -0.1) is 0 Å². The molecule has 4 aromatic rings. The molecule has 2 aromatic carbocycles. The quantitative estimate of drug-likeness (QED) is 0.513. The number of thiazole rings is 1. The van der Waals surface area contributed by atoms with Crippen molar-refractivity contribution >= 4 is 49.7 Å². The summed E-state index contributed by atoms with van der Waals surface area (Å²) in [6.07, 6.45) is 0.295. The van der Waals surface area contributed by atoms with Gasteiger partial charge in [-0.1, -0.05) is 11.3 Å². The molecule has 0 bridgehead atoms. The van der Waals surface area contributed by atoms with Crippen LogP contribution in [0.25, 0.3) is 21.3 Å². The van der Waals surface area contributed by atoms with Crippen LogP contribution in [0.1, 0.15) is 17.3 Å². The number of carbonyl (C=O) groups is 2. The number of esters is 1. The molecule has 1 unspecified atom stereocenters. The molecule has 4 rings (SSSR count). The van der Waals surface area contributed by atoms with Crippen molar-refractivity contribution in [2.45, 2.75) is 13.0 Å². The van der Waals surface area contributed by atoms with Gasteiger partial charge in [0.25, 0.3) is 5.91 Å². The molecule has 0 saturated heterocycles. The Morgan fingerprint density at radius 2 is 2.00 bits per heavy atom. The van der Waals surface area contributed by atoms with Crippen LogP contribution < -0.4 is 10.1 Å². The fourth-order valence-electron chi connectivity index (χ4n) is 2.56. The van der Waals surface area contributed by atoms with Crippen LogP contribution in [-0.2, 0) is 9.53 Å². The van der Waals surface area contributed by atoms with E-state index < -0.39 is 18.0 Å². The molecule has 0 spiro atoms. The molecule has 1 amide bonds. The van der Waals surface area contributed by atoms with Crippen LogP contribution >= 0.6 is 11.3 Å². The van der Waals surface area contributed by atoms with E-state index in [9.17, 15) is 9.59 Å². The van der Waals surface area contributed by atoms with E-state index >= 15 is 0 Å². The summed E-state index contributed by atoms with van der Waals surface area (Å²) in [5, 5.41) is 3.09. The molecule has 0 radical (unpaired) electrons. The van der Waals surface area contributed by atoms with Crippen LogP contribution in [0, 0.1) is 0 Å². The third kappa shape index (κ3) is 3.52. The van der Waals surface area contributed by atoms with Crippen molar-refractivity contribution in [1.82, 2.24) is 9.97 Å². The van der Waals surface area contributed by atoms with E-state index in [0.29, 0.717) is 22.0 Å². The molecular formula is C19H15N3O5S. The predicted octanol–water partition coefficient (Wildman–Crippen LogP) is 3.63. The summed E-state index contributed by atoms with van der Waals surface area (Å²) in [7, 11) is 1.58. The van der Waals surface area contributed by atoms with E-state index in [2.05, 4.69) is 15.3 Å². The second-order valence-corrected chi connectivity index (χ2v) is 6.95. The van der Waals surface area contributed by atoms with Crippen molar-refractivity contribution in [2.75, 3.05) is 12.4 Å². The van der Waals surface area contributed by atoms with E-state index in [1.807, 2.05) is 12.1 Å². The van der Waals surface area contributed by atoms with Gasteiger partial charge in [0.15, 0.2) is 23.2 Å². The smallest absolute Gasteiger partial charge is 0.339 e. The molecule has 0 aliphatic heterocycles. The normalized spacial score (nSPS) is 12.1. The first kappa shape index (κ1) is 17.9. The Kier molecular flexibility index (Phi) is 4.66. The first-order valence-corrected chi connectivity index (χ1v) is 9.15. The number of hydrogen-bond donors (Lipinski definition) is 1. The maximum atomic E-state index is 12.4. The summed E-state index contributed by atoms with van der Waals surface area (Å²) < 4.78 is 16.5. The lowest BCUT2D eigenvalue weighted by Gasteiger charge is -2.12. The highest BCUT2D eigenvalue weighted by molar-refractivity contribution is 7.22. The van der Waals surface area contributed by atoms with Gasteiger partial charge in [-0.3, -0.25) is 10.1 Å². The number of aromatic nitrogens is 2. The van der Waals surface area contributed by atoms with Crippen molar-refractivity contribution in [3.8, 4) is 5.75 Å². The summed E-state index contributed by atoms with van der Waals surface area (Å²) in [5.74, 6) is -0.393. The third-order valence-corrected chi connectivity index (χ3v) is 4.98. The number of amides is 1. The van der Waals surface area contributed by atoms with Crippen LogP contribution in [-0.4, -0.2) is 35.1 Å². The highest BCUT2D eigenvalue weighted by atomic mass is 32.1. The van der Waals surface area contributed by atoms with E-state index in [1.165, 1.54) is 30.7 Å². The second-order valence-electron chi connectivity index (χ2n) is 5.92. The predicted molar refractivity (Wildman–Crippen MR) is 104 cm³/mol. The number of benzene rings is 2. The Labute approximate surface area is 163 Å². The summed E-state index contributed by atoms with van der Waals surface area (Å²) in [6.45, 7) is 1.50. The number of ether oxygens (including phenoxy) is 2. The maximum absolute atomic E-state index is 12.4. The van der Waals surface area contributed by atoms with Gasteiger partial charge in [-0.25, -0.2) is 14.8 Å². The minimum atomic E-state index is -1.00. The Hall–Kier alpha value is -3.46. The Balaban J connectivity index is 1.43. The summed E-state index contributed by atoms with van der Waals surface area (Å²) in [4.78, 5) is 33.0. The van der Waals surface area contributed by atoms with Gasteiger partial charge in [0.2, 0.25) is 0 Å². The number of rotatable bonds is 5. The highest BCUT2D eigenvalue weighted by Crippen LogP contribution is 2.29. The first-order chi connectivity index (χ1) is 13.5. The van der Waals surface area contributed by atoms with Crippen LogP contribution in [0.4, 0.5) is 5.13 Å². The molecule has 0 fully saturated rings. The van der Waals surface area contributed by atoms with E-state index in [1.54, 1.807) is 25.3 Å². The third-order valence-electron chi connectivity index (χ3n) is 4.05. The standard InChI is InChI=1S/C19H15N3O5S/c1-10(27-18(24)11-3-5-13-15(7-11)26-9-20-13)17(23)22-19-21-14-6-4-12(25-2)8-16(14)28-19/h3-10H,1-2H3,(H,21,22,23). The molecule has 2 aromatic heterocycles. The van der Waals surface area contributed by atoms with Gasteiger partial charge < -0.3 is 13.9 Å². The van der Waals surface area contributed by atoms with Gasteiger partial charge in [-0.2, -0.15) is 0 Å². The lowest BCUT2D eigenvalue weighted by Crippen LogP contribution is -2.29. The minimum absolute atomic E-state index is 0.274. The number of oxazole rings is 1. The Morgan fingerprint density at radius 3 is 2.82 bits per heavy atom. The van der Waals surface area contributed by atoms with Crippen molar-refractivity contribution < 1.29 is 23.5 Å². The number of nitrogens with one attached hydrogen (secondary N) is 1. The first-order valence-electron chi connectivity index (χ1n) is 8.33. The van der Waals surface area contributed by atoms with Crippen LogP contribution in [0.2, 0.25) is 0 Å². The molecule has 0 aliphatic rings. The van der Waals surface area contributed by atoms with E-state index in [-0.39, 0.29) is 5.56 Å². The second kappa shape index (κ2) is 7.28. The molecule has 0 aliphatic carbocycles. The van der Waals surface area contributed by atoms with Gasteiger partial charge in [-0.05, 0) is 43.3 Å². The summed E-state index contributed by atoms with van der Waals surface area (Å²) >= 11 is 1.31. The zero-order valence-electron chi connectivity index (χ0n) is 15.0. The summed E-state index contributed by atoms with van der Waals surface area (Å²) in [5.41, 5.74) is 2.12. The van der Waals surface area contributed by atoms with Crippen LogP contribution in [0.5, 0.6) is 5.75 Å². The average Bonchev–Trinajstić information content (AvgIpc) is 3.32. The lowest BCUT2D eigenvalue weighted by atomic mass is 10.2. The largest absolute Gasteiger partial charge is 0.497 e. The molecule has 142 valence electrons. The van der Waals surface area contributed by atoms with Crippen molar-refractivity contribution in [2.24, 2.45) is 0 Å². The number of hydrogen-bond acceptors (Lipinski definition) is 8. The van der Waals surface area contributed by atoms with Crippen molar-refractivity contribution in [1.29, 1.82) is 0 Å². The molecule has 8 nitrogen and oxygen atoms in total. The average molecular weight is 397 g/mol. The van der Waals surface area contributed by atoms with Gasteiger partial charge >= 0.3 is 5.97 Å². The number of nitrogens with zero attached hydrogens (tertiary/aromatic N) is 2. The number of carbonyl (C=O) groups excluding carboxylic acids is 2. The van der Waals surface area contributed by atoms with Gasteiger partial charge in [0.1, 0.15) is 11.3 Å². The zero-order valence-corrected chi connectivity index (χ0v) is 15.8.